The van der Waals surface area contributed by atoms with E-state index in [1.807, 2.05) is 36.4 Å². The van der Waals surface area contributed by atoms with E-state index in [-0.39, 0.29) is 0 Å². The summed E-state index contributed by atoms with van der Waals surface area (Å²) in [6.07, 6.45) is 1.86. The molecule has 2 aromatic heterocycles. The number of hydrogen-bond acceptors (Lipinski definition) is 4. The highest BCUT2D eigenvalue weighted by Crippen LogP contribution is 2.36. The predicted octanol–water partition coefficient (Wildman–Crippen LogP) is 6.94. The molecule has 0 N–H and O–H groups in total. The molecule has 0 amide bonds. The summed E-state index contributed by atoms with van der Waals surface area (Å²) in [5, 5.41) is 14.3. The van der Waals surface area contributed by atoms with Crippen molar-refractivity contribution in [2.75, 3.05) is 0 Å². The first-order valence-corrected chi connectivity index (χ1v) is 10.9. The number of allylic oxidation sites excluding steroid dienone is 1. The van der Waals surface area contributed by atoms with Gasteiger partial charge in [0.2, 0.25) is 0 Å². The lowest BCUT2D eigenvalue weighted by Gasteiger charge is -2.09. The lowest BCUT2D eigenvalue weighted by atomic mass is 10.1. The van der Waals surface area contributed by atoms with Crippen molar-refractivity contribution in [2.45, 2.75) is 17.5 Å². The quantitative estimate of drug-likeness (QED) is 0.244. The van der Waals surface area contributed by atoms with Gasteiger partial charge in [-0.2, -0.15) is 0 Å². The molecular weight excluding hydrogens is 417 g/mol. The molecule has 0 saturated heterocycles. The molecule has 0 unspecified atom stereocenters. The Hall–Kier alpha value is -1.79. The molecule has 0 spiro atoms. The van der Waals surface area contributed by atoms with Crippen LogP contribution in [0.2, 0.25) is 10.0 Å². The Labute approximate surface area is 175 Å². The Balaban J connectivity index is 1.70. The van der Waals surface area contributed by atoms with Gasteiger partial charge in [0.1, 0.15) is 0 Å². The zero-order valence-corrected chi connectivity index (χ0v) is 17.4. The second-order valence-electron chi connectivity index (χ2n) is 5.84. The molecule has 7 heteroatoms. The van der Waals surface area contributed by atoms with E-state index >= 15 is 0 Å². The molecule has 3 nitrogen and oxygen atoms in total. The van der Waals surface area contributed by atoms with E-state index in [4.69, 9.17) is 23.2 Å². The second-order valence-corrected chi connectivity index (χ2v) is 8.51. The van der Waals surface area contributed by atoms with Crippen LogP contribution < -0.4 is 0 Å². The molecule has 0 atom stereocenters. The van der Waals surface area contributed by atoms with Crippen LogP contribution in [0, 0.1) is 0 Å². The largest absolute Gasteiger partial charge is 0.298 e. The number of nitrogens with zero attached hydrogens (tertiary/aromatic N) is 3. The minimum absolute atomic E-state index is 0.623. The van der Waals surface area contributed by atoms with Gasteiger partial charge in [-0.3, -0.25) is 4.57 Å². The summed E-state index contributed by atoms with van der Waals surface area (Å²) < 4.78 is 3.31. The molecule has 0 fully saturated rings. The Morgan fingerprint density at radius 2 is 1.85 bits per heavy atom. The van der Waals surface area contributed by atoms with E-state index in [2.05, 4.69) is 38.9 Å². The maximum absolute atomic E-state index is 6.29. The molecule has 0 aliphatic rings. The molecule has 4 rings (SSSR count). The number of halogens is 2. The fraction of sp³-hybridized carbons (Fsp3) is 0.100. The average Bonchev–Trinajstić information content (AvgIpc) is 3.26. The van der Waals surface area contributed by atoms with Crippen LogP contribution in [0.25, 0.3) is 21.5 Å². The van der Waals surface area contributed by atoms with Crippen molar-refractivity contribution in [3.8, 4) is 11.4 Å². The van der Waals surface area contributed by atoms with Crippen molar-refractivity contribution in [1.29, 1.82) is 0 Å². The van der Waals surface area contributed by atoms with Gasteiger partial charge in [-0.15, -0.1) is 28.1 Å². The highest BCUT2D eigenvalue weighted by atomic mass is 35.5. The van der Waals surface area contributed by atoms with Crippen molar-refractivity contribution in [3.05, 3.63) is 76.1 Å². The number of aromatic nitrogens is 3. The molecule has 27 heavy (non-hydrogen) atoms. The lowest BCUT2D eigenvalue weighted by Crippen LogP contribution is -2.00. The Kier molecular flexibility index (Phi) is 5.55. The Bertz CT molecular complexity index is 1100. The number of thiophene rings is 1. The zero-order chi connectivity index (χ0) is 18.8. The fourth-order valence-corrected chi connectivity index (χ4v) is 5.48. The first kappa shape index (κ1) is 18.6. The van der Waals surface area contributed by atoms with Crippen molar-refractivity contribution in [3.63, 3.8) is 0 Å². The molecule has 0 aliphatic carbocycles. The van der Waals surface area contributed by atoms with Crippen LogP contribution in [0.5, 0.6) is 0 Å². The van der Waals surface area contributed by atoms with E-state index < -0.39 is 0 Å². The van der Waals surface area contributed by atoms with E-state index in [0.717, 1.165) is 22.1 Å². The van der Waals surface area contributed by atoms with Gasteiger partial charge in [-0.1, -0.05) is 65.3 Å². The predicted molar refractivity (Wildman–Crippen MR) is 117 cm³/mol. The van der Waals surface area contributed by atoms with Crippen molar-refractivity contribution in [2.24, 2.45) is 0 Å². The van der Waals surface area contributed by atoms with Crippen LogP contribution in [0.15, 0.2) is 65.7 Å². The summed E-state index contributed by atoms with van der Waals surface area (Å²) >= 11 is 15.9. The summed E-state index contributed by atoms with van der Waals surface area (Å²) in [7, 11) is 0. The van der Waals surface area contributed by atoms with Gasteiger partial charge in [0.05, 0.1) is 0 Å². The van der Waals surface area contributed by atoms with E-state index in [1.54, 1.807) is 23.1 Å². The monoisotopic (exact) mass is 431 g/mol. The first-order valence-electron chi connectivity index (χ1n) is 8.25. The van der Waals surface area contributed by atoms with Crippen LogP contribution in [0.3, 0.4) is 0 Å². The van der Waals surface area contributed by atoms with Crippen LogP contribution in [0.4, 0.5) is 0 Å². The van der Waals surface area contributed by atoms with E-state index in [0.29, 0.717) is 22.3 Å². The summed E-state index contributed by atoms with van der Waals surface area (Å²) in [6.45, 7) is 4.51. The van der Waals surface area contributed by atoms with Gasteiger partial charge in [-0.05, 0) is 23.8 Å². The maximum atomic E-state index is 6.29. The minimum Gasteiger partial charge on any atom is -0.298 e. The van der Waals surface area contributed by atoms with Gasteiger partial charge in [-0.25, -0.2) is 0 Å². The van der Waals surface area contributed by atoms with Gasteiger partial charge < -0.3 is 0 Å². The van der Waals surface area contributed by atoms with Crippen molar-refractivity contribution >= 4 is 56.4 Å². The van der Waals surface area contributed by atoms with Crippen molar-refractivity contribution < 1.29 is 0 Å². The number of hydrogen-bond donors (Lipinski definition) is 0. The molecular formula is C20H15Cl2N3S2. The van der Waals surface area contributed by atoms with E-state index in [1.165, 1.54) is 10.1 Å². The third kappa shape index (κ3) is 3.65. The number of rotatable bonds is 6. The summed E-state index contributed by atoms with van der Waals surface area (Å²) in [6, 6.07) is 13.9. The maximum Gasteiger partial charge on any atom is 0.192 e. The summed E-state index contributed by atoms with van der Waals surface area (Å²) in [5.74, 6) is 1.47. The first-order chi connectivity index (χ1) is 13.2. The average molecular weight is 432 g/mol. The molecule has 0 bridgehead atoms. The number of thioether (sulfide) groups is 1. The number of fused-ring (bicyclic) bond motifs is 1. The molecule has 136 valence electrons. The molecule has 2 aromatic carbocycles. The normalized spacial score (nSPS) is 11.2. The van der Waals surface area contributed by atoms with E-state index in [9.17, 15) is 0 Å². The molecule has 0 aliphatic heterocycles. The highest BCUT2D eigenvalue weighted by molar-refractivity contribution is 7.98. The molecule has 0 saturated carbocycles. The van der Waals surface area contributed by atoms with Gasteiger partial charge >= 0.3 is 0 Å². The Morgan fingerprint density at radius 3 is 2.63 bits per heavy atom. The fourth-order valence-electron chi connectivity index (χ4n) is 2.85. The van der Waals surface area contributed by atoms with Crippen LogP contribution >= 0.6 is 46.3 Å². The van der Waals surface area contributed by atoms with Gasteiger partial charge in [0, 0.05) is 43.4 Å². The third-order valence-corrected chi connectivity index (χ3v) is 6.82. The van der Waals surface area contributed by atoms with Crippen LogP contribution in [-0.4, -0.2) is 14.8 Å². The lowest BCUT2D eigenvalue weighted by molar-refractivity contribution is 0.731. The second kappa shape index (κ2) is 8.07. The SMILES string of the molecule is C=CCn1c(SCc2c(Cl)cccc2Cl)nnc1-c1csc2ccccc12. The summed E-state index contributed by atoms with van der Waals surface area (Å²) in [5.41, 5.74) is 1.99. The van der Waals surface area contributed by atoms with Crippen LogP contribution in [-0.2, 0) is 12.3 Å². The van der Waals surface area contributed by atoms with Crippen molar-refractivity contribution in [1.82, 2.24) is 14.8 Å². The standard InChI is InChI=1S/C20H15Cl2N3S2/c1-2-10-25-19(14-11-26-18-9-4-3-6-13(14)18)23-24-20(25)27-12-15-16(21)7-5-8-17(15)22/h2-9,11H,1,10,12H2. The van der Waals surface area contributed by atoms with Gasteiger partial charge in [0.25, 0.3) is 0 Å². The number of benzene rings is 2. The minimum atomic E-state index is 0.623. The molecule has 0 radical (unpaired) electrons. The smallest absolute Gasteiger partial charge is 0.192 e. The zero-order valence-electron chi connectivity index (χ0n) is 14.2. The topological polar surface area (TPSA) is 30.7 Å². The summed E-state index contributed by atoms with van der Waals surface area (Å²) in [4.78, 5) is 0. The Morgan fingerprint density at radius 1 is 1.07 bits per heavy atom. The van der Waals surface area contributed by atoms with Gasteiger partial charge in [0.15, 0.2) is 11.0 Å². The molecule has 2 heterocycles. The highest BCUT2D eigenvalue weighted by Gasteiger charge is 2.17. The van der Waals surface area contributed by atoms with Crippen LogP contribution in [0.1, 0.15) is 5.56 Å². The third-order valence-electron chi connectivity index (χ3n) is 4.16. The molecule has 4 aromatic rings.